The summed E-state index contributed by atoms with van der Waals surface area (Å²) in [5.41, 5.74) is -0.0751. The third-order valence-corrected chi connectivity index (χ3v) is 5.06. The molecule has 138 valence electrons. The van der Waals surface area contributed by atoms with Gasteiger partial charge in [0.05, 0.1) is 4.90 Å². The number of anilines is 1. The predicted octanol–water partition coefficient (Wildman–Crippen LogP) is 2.42. The second kappa shape index (κ2) is 8.09. The molecule has 1 unspecified atom stereocenters. The largest absolute Gasteiger partial charge is 0.428 e. The Hall–Kier alpha value is -2.74. The van der Waals surface area contributed by atoms with Gasteiger partial charge >= 0.3 is 5.76 Å². The molecule has 8 heteroatoms. The Morgan fingerprint density at radius 3 is 2.50 bits per heavy atom. The van der Waals surface area contributed by atoms with E-state index in [9.17, 15) is 13.8 Å². The molecule has 2 heterocycles. The van der Waals surface area contributed by atoms with Crippen molar-refractivity contribution in [2.24, 2.45) is 4.99 Å². The molecule has 1 aliphatic rings. The third kappa shape index (κ3) is 3.08. The molecule has 3 rings (SSSR count). The van der Waals surface area contributed by atoms with Crippen molar-refractivity contribution in [1.29, 1.82) is 0 Å². The molecule has 0 aliphatic carbocycles. The lowest BCUT2D eigenvalue weighted by Crippen LogP contribution is -2.42. The van der Waals surface area contributed by atoms with Crippen LogP contribution >= 0.6 is 0 Å². The normalized spacial score (nSPS) is 16.0. The van der Waals surface area contributed by atoms with E-state index < -0.39 is 22.3 Å². The number of rotatable bonds is 1. The fourth-order valence-corrected chi connectivity index (χ4v) is 3.73. The fraction of sp³-hybridized carbons (Fsp3) is 0.278. The van der Waals surface area contributed by atoms with Crippen molar-refractivity contribution < 1.29 is 8.63 Å². The van der Waals surface area contributed by atoms with Gasteiger partial charge in [-0.25, -0.2) is 9.00 Å². The molecule has 0 fully saturated rings. The zero-order valence-electron chi connectivity index (χ0n) is 15.3. The van der Waals surface area contributed by atoms with Gasteiger partial charge in [0.1, 0.15) is 5.84 Å². The number of hydrogen-bond acceptors (Lipinski definition) is 5. The Bertz CT molecular complexity index is 1020. The first-order chi connectivity index (χ1) is 12.5. The molecule has 2 aromatic rings. The summed E-state index contributed by atoms with van der Waals surface area (Å²) in [6.07, 6.45) is 3.18. The van der Waals surface area contributed by atoms with Crippen LogP contribution in [0.4, 0.5) is 5.69 Å². The molecule has 1 aromatic carbocycles. The van der Waals surface area contributed by atoms with Gasteiger partial charge in [-0.1, -0.05) is 32.1 Å². The Balaban J connectivity index is 0.00000117. The first-order valence-electron chi connectivity index (χ1n) is 8.16. The van der Waals surface area contributed by atoms with E-state index in [0.717, 1.165) is 4.57 Å². The zero-order valence-corrected chi connectivity index (χ0v) is 16.2. The Morgan fingerprint density at radius 1 is 1.23 bits per heavy atom. The smallest absolute Gasteiger partial charge is 0.406 e. The van der Waals surface area contributed by atoms with Crippen molar-refractivity contribution in [3.8, 4) is 11.3 Å². The quantitative estimate of drug-likeness (QED) is 0.566. The highest BCUT2D eigenvalue weighted by Gasteiger charge is 2.32. The van der Waals surface area contributed by atoms with Gasteiger partial charge in [0.25, 0.3) is 5.56 Å². The predicted molar refractivity (Wildman–Crippen MR) is 104 cm³/mol. The maximum absolute atomic E-state index is 12.9. The average Bonchev–Trinajstić information content (AvgIpc) is 2.66. The number of nitrogens with zero attached hydrogens (tertiary/aromatic N) is 3. The highest BCUT2D eigenvalue weighted by atomic mass is 32.2. The standard InChI is InChI=1S/C16H15N3O4S.C2H6/c1-4-7-12(17-2)19-15(20)13-14(23-16(19)21)10-8-5-6-9-11(10)24(22)18(13)3;1-2/h4-9H,1-3H3;1-2H3/b7-4-,17-12?;. The summed E-state index contributed by atoms with van der Waals surface area (Å²) in [6, 6.07) is 6.82. The first-order valence-corrected chi connectivity index (χ1v) is 9.27. The second-order valence-corrected chi connectivity index (χ2v) is 6.50. The summed E-state index contributed by atoms with van der Waals surface area (Å²) in [5, 5.41) is 0. The van der Waals surface area contributed by atoms with Gasteiger partial charge < -0.3 is 4.42 Å². The number of aromatic nitrogens is 1. The summed E-state index contributed by atoms with van der Waals surface area (Å²) >= 11 is 0. The van der Waals surface area contributed by atoms with E-state index in [2.05, 4.69) is 4.99 Å². The van der Waals surface area contributed by atoms with Crippen molar-refractivity contribution in [3.63, 3.8) is 0 Å². The summed E-state index contributed by atoms with van der Waals surface area (Å²) in [7, 11) is 1.43. The van der Waals surface area contributed by atoms with Crippen molar-refractivity contribution in [2.45, 2.75) is 25.7 Å². The van der Waals surface area contributed by atoms with E-state index in [-0.39, 0.29) is 17.3 Å². The van der Waals surface area contributed by atoms with Gasteiger partial charge in [0.2, 0.25) is 0 Å². The number of fused-ring (bicyclic) bond motifs is 3. The maximum Gasteiger partial charge on any atom is 0.428 e. The zero-order chi connectivity index (χ0) is 19.4. The van der Waals surface area contributed by atoms with E-state index >= 15 is 0 Å². The Morgan fingerprint density at radius 2 is 1.88 bits per heavy atom. The summed E-state index contributed by atoms with van der Waals surface area (Å²) in [6.45, 7) is 5.74. The molecule has 0 spiro atoms. The number of benzene rings is 1. The minimum atomic E-state index is -1.57. The molecule has 0 bridgehead atoms. The monoisotopic (exact) mass is 375 g/mol. The highest BCUT2D eigenvalue weighted by Crippen LogP contribution is 2.37. The molecule has 0 saturated carbocycles. The van der Waals surface area contributed by atoms with Crippen LogP contribution in [0.3, 0.4) is 0 Å². The molecule has 7 nitrogen and oxygen atoms in total. The summed E-state index contributed by atoms with van der Waals surface area (Å²) in [4.78, 5) is 29.7. The Kier molecular flexibility index (Phi) is 6.10. The van der Waals surface area contributed by atoms with Crippen LogP contribution in [0.2, 0.25) is 0 Å². The van der Waals surface area contributed by atoms with Crippen LogP contribution in [0.1, 0.15) is 20.8 Å². The Labute approximate surface area is 153 Å². The molecule has 1 aromatic heterocycles. The van der Waals surface area contributed by atoms with Gasteiger partial charge in [-0.2, -0.15) is 4.57 Å². The number of hydrogen-bond donors (Lipinski definition) is 0. The van der Waals surface area contributed by atoms with Crippen molar-refractivity contribution in [3.05, 3.63) is 57.3 Å². The minimum absolute atomic E-state index is 0.0669. The van der Waals surface area contributed by atoms with Gasteiger partial charge in [0, 0.05) is 19.7 Å². The van der Waals surface area contributed by atoms with Crippen molar-refractivity contribution in [2.75, 3.05) is 18.4 Å². The molecular weight excluding hydrogens is 354 g/mol. The van der Waals surface area contributed by atoms with Gasteiger partial charge in [-0.15, -0.1) is 0 Å². The molecule has 26 heavy (non-hydrogen) atoms. The van der Waals surface area contributed by atoms with Crippen LogP contribution in [-0.4, -0.2) is 28.7 Å². The molecular formula is C18H21N3O4S. The van der Waals surface area contributed by atoms with E-state index in [1.54, 1.807) is 37.3 Å². The summed E-state index contributed by atoms with van der Waals surface area (Å²) in [5.74, 6) is -0.569. The lowest BCUT2D eigenvalue weighted by atomic mass is 10.1. The molecule has 1 atom stereocenters. The third-order valence-electron chi connectivity index (χ3n) is 3.65. The number of aliphatic imine (C=N–C) groups is 1. The lowest BCUT2D eigenvalue weighted by molar-refractivity contribution is 0.477. The van der Waals surface area contributed by atoms with Crippen LogP contribution in [0.15, 0.2) is 60.3 Å². The molecule has 1 aliphatic heterocycles. The fourth-order valence-electron chi connectivity index (χ4n) is 2.56. The molecule has 0 N–H and O–H groups in total. The SMILES string of the molecule is C/C=C\C(=NC)n1c(=O)oc2c(c1=O)N(C)S(=O)c1ccccc1-2.CC. The van der Waals surface area contributed by atoms with E-state index in [0.29, 0.717) is 10.5 Å². The van der Waals surface area contributed by atoms with Gasteiger partial charge in [-0.3, -0.25) is 14.1 Å². The van der Waals surface area contributed by atoms with Crippen LogP contribution in [0.25, 0.3) is 11.3 Å². The van der Waals surface area contributed by atoms with E-state index in [4.69, 9.17) is 4.42 Å². The van der Waals surface area contributed by atoms with Crippen LogP contribution in [-0.2, 0) is 11.0 Å². The van der Waals surface area contributed by atoms with E-state index in [1.165, 1.54) is 24.5 Å². The van der Waals surface area contributed by atoms with Crippen molar-refractivity contribution in [1.82, 2.24) is 4.57 Å². The molecule has 0 saturated heterocycles. The van der Waals surface area contributed by atoms with Crippen LogP contribution < -0.4 is 15.6 Å². The highest BCUT2D eigenvalue weighted by molar-refractivity contribution is 7.86. The second-order valence-electron chi connectivity index (χ2n) is 5.01. The lowest BCUT2D eigenvalue weighted by Gasteiger charge is -2.26. The average molecular weight is 375 g/mol. The van der Waals surface area contributed by atoms with E-state index in [1.807, 2.05) is 13.8 Å². The maximum atomic E-state index is 12.9. The minimum Gasteiger partial charge on any atom is -0.406 e. The van der Waals surface area contributed by atoms with Crippen molar-refractivity contribution >= 4 is 22.5 Å². The van der Waals surface area contributed by atoms with Gasteiger partial charge in [-0.05, 0) is 25.1 Å². The number of allylic oxidation sites excluding steroid dienone is 2. The first kappa shape index (κ1) is 19.6. The summed E-state index contributed by atoms with van der Waals surface area (Å²) < 4.78 is 20.2. The van der Waals surface area contributed by atoms with Crippen LogP contribution in [0.5, 0.6) is 0 Å². The van der Waals surface area contributed by atoms with Gasteiger partial charge in [0.15, 0.2) is 22.4 Å². The van der Waals surface area contributed by atoms with Crippen LogP contribution in [0, 0.1) is 0 Å². The topological polar surface area (TPSA) is 84.9 Å². The molecule has 0 amide bonds. The molecule has 0 radical (unpaired) electrons.